The van der Waals surface area contributed by atoms with Crippen molar-refractivity contribution in [3.05, 3.63) is 0 Å². The van der Waals surface area contributed by atoms with Crippen LogP contribution in [0, 0.1) is 11.8 Å². The van der Waals surface area contributed by atoms with Gasteiger partial charge in [-0.2, -0.15) is 0 Å². The number of unbranched alkanes of at least 4 members (excludes halogenated alkanes) is 1. The molecule has 47 heavy (non-hydrogen) atoms. The minimum Gasteiger partial charge on any atom is -0.481 e. The second-order valence-corrected chi connectivity index (χ2v) is 11.4. The molecule has 19 heteroatoms. The molecule has 5 amide bonds. The maximum absolute atomic E-state index is 13.2. The number of carboxylic acid groups (broad SMARTS) is 3. The first-order chi connectivity index (χ1) is 21.9. The molecule has 0 rings (SSSR count). The zero-order valence-corrected chi connectivity index (χ0v) is 27.0. The van der Waals surface area contributed by atoms with E-state index in [1.807, 2.05) is 5.32 Å². The predicted molar refractivity (Wildman–Crippen MR) is 164 cm³/mol. The van der Waals surface area contributed by atoms with Gasteiger partial charge < -0.3 is 58.5 Å². The van der Waals surface area contributed by atoms with Crippen LogP contribution in [0.4, 0.5) is 0 Å². The van der Waals surface area contributed by atoms with Crippen molar-refractivity contribution < 1.29 is 58.8 Å². The fourth-order valence-corrected chi connectivity index (χ4v) is 4.05. The Morgan fingerprint density at radius 2 is 1.09 bits per heavy atom. The molecule has 0 saturated heterocycles. The molecule has 0 unspecified atom stereocenters. The lowest BCUT2D eigenvalue weighted by atomic mass is 9.96. The van der Waals surface area contributed by atoms with Gasteiger partial charge in [-0.3, -0.25) is 33.6 Å². The summed E-state index contributed by atoms with van der Waals surface area (Å²) in [5, 5.41) is 48.3. The number of nitrogens with one attached hydrogen (secondary N) is 5. The number of carboxylic acids is 3. The number of hydrogen-bond donors (Lipinski definition) is 11. The van der Waals surface area contributed by atoms with Crippen molar-refractivity contribution >= 4 is 47.4 Å². The second kappa shape index (κ2) is 21.4. The highest BCUT2D eigenvalue weighted by molar-refractivity contribution is 5.98. The predicted octanol–water partition coefficient (Wildman–Crippen LogP) is -3.40. The van der Waals surface area contributed by atoms with Gasteiger partial charge in [0.1, 0.15) is 30.2 Å². The van der Waals surface area contributed by atoms with Gasteiger partial charge in [-0.15, -0.1) is 0 Å². The summed E-state index contributed by atoms with van der Waals surface area (Å²) in [7, 11) is 0. The Balaban J connectivity index is 6.15. The summed E-state index contributed by atoms with van der Waals surface area (Å²) in [6.07, 6.45) is -1.05. The molecule has 0 spiro atoms. The number of aliphatic hydroxyl groups is 1. The molecule has 19 nitrogen and oxygen atoms in total. The third kappa shape index (κ3) is 15.7. The molecular formula is C28H49N7O12. The Kier molecular flexibility index (Phi) is 19.4. The van der Waals surface area contributed by atoms with Crippen molar-refractivity contribution in [3.8, 4) is 0 Å². The molecule has 0 aromatic rings. The van der Waals surface area contributed by atoms with Crippen LogP contribution in [0.2, 0.25) is 0 Å². The average Bonchev–Trinajstić information content (AvgIpc) is 2.99. The van der Waals surface area contributed by atoms with Crippen LogP contribution in [-0.2, 0) is 38.4 Å². The molecule has 0 aliphatic rings. The SMILES string of the molecule is CC[C@H](C)[C@H](NC(=O)[C@@H](N)C(C)C)C(=O)N[C@@H](CC(=O)O)C(=O)N[C@@H](CC(=O)O)C(=O)N[C@@H](CCCCN)C(=O)N[C@@H](CO)C(=O)O. The van der Waals surface area contributed by atoms with E-state index in [-0.39, 0.29) is 25.3 Å². The molecule has 7 atom stereocenters. The summed E-state index contributed by atoms with van der Waals surface area (Å²) < 4.78 is 0. The van der Waals surface area contributed by atoms with Crippen LogP contribution in [0.15, 0.2) is 0 Å². The normalized spacial score (nSPS) is 15.5. The topological polar surface area (TPSA) is 330 Å². The lowest BCUT2D eigenvalue weighted by Gasteiger charge is -2.28. The molecule has 0 radical (unpaired) electrons. The second-order valence-electron chi connectivity index (χ2n) is 11.4. The van der Waals surface area contributed by atoms with E-state index in [1.54, 1.807) is 27.7 Å². The molecule has 268 valence electrons. The molecule has 0 aliphatic carbocycles. The molecule has 0 aromatic heterocycles. The number of nitrogens with two attached hydrogens (primary N) is 2. The Bertz CT molecular complexity index is 1120. The molecular weight excluding hydrogens is 626 g/mol. The van der Waals surface area contributed by atoms with Gasteiger partial charge in [0, 0.05) is 0 Å². The van der Waals surface area contributed by atoms with E-state index < -0.39 is 109 Å². The molecule has 0 bridgehead atoms. The monoisotopic (exact) mass is 675 g/mol. The van der Waals surface area contributed by atoms with Crippen molar-refractivity contribution in [2.75, 3.05) is 13.2 Å². The standard InChI is InChI=1S/C28H49N7O12/c1-5-14(4)22(35-26(44)21(30)13(2)3)27(45)33-17(11-20(39)40)25(43)32-16(10-19(37)38)24(42)31-15(8-6-7-9-29)23(41)34-18(12-36)28(46)47/h13-18,21-22,36H,5-12,29-30H2,1-4H3,(H,31,42)(H,32,43)(H,33,45)(H,34,41)(H,35,44)(H,37,38)(H,39,40)(H,46,47)/t14-,15-,16-,17-,18-,21-,22-/m0/s1. The maximum Gasteiger partial charge on any atom is 0.328 e. The fraction of sp³-hybridized carbons (Fsp3) is 0.714. The molecule has 0 aliphatic heterocycles. The quantitative estimate of drug-likeness (QED) is 0.0470. The molecule has 0 aromatic carbocycles. The lowest BCUT2D eigenvalue weighted by Crippen LogP contribution is -2.60. The van der Waals surface area contributed by atoms with E-state index in [0.29, 0.717) is 12.8 Å². The Morgan fingerprint density at radius 1 is 0.638 bits per heavy atom. The van der Waals surface area contributed by atoms with Gasteiger partial charge in [-0.1, -0.05) is 34.1 Å². The van der Waals surface area contributed by atoms with E-state index in [4.69, 9.17) is 16.6 Å². The molecule has 13 N–H and O–H groups in total. The van der Waals surface area contributed by atoms with Gasteiger partial charge in [-0.25, -0.2) is 4.79 Å². The van der Waals surface area contributed by atoms with Crippen LogP contribution in [0.25, 0.3) is 0 Å². The van der Waals surface area contributed by atoms with E-state index in [0.717, 1.165) is 0 Å². The largest absolute Gasteiger partial charge is 0.481 e. The zero-order chi connectivity index (χ0) is 36.4. The van der Waals surface area contributed by atoms with Gasteiger partial charge in [-0.05, 0) is 37.6 Å². The third-order valence-corrected chi connectivity index (χ3v) is 7.21. The number of aliphatic carboxylic acids is 3. The van der Waals surface area contributed by atoms with Crippen molar-refractivity contribution in [1.29, 1.82) is 0 Å². The van der Waals surface area contributed by atoms with Crippen LogP contribution < -0.4 is 38.1 Å². The number of rotatable bonds is 23. The number of carbonyl (C=O) groups excluding carboxylic acids is 5. The van der Waals surface area contributed by atoms with E-state index in [9.17, 15) is 53.7 Å². The molecule has 0 fully saturated rings. The zero-order valence-electron chi connectivity index (χ0n) is 27.0. The fourth-order valence-electron chi connectivity index (χ4n) is 4.05. The van der Waals surface area contributed by atoms with Gasteiger partial charge in [0.2, 0.25) is 29.5 Å². The number of amides is 5. The van der Waals surface area contributed by atoms with E-state index in [2.05, 4.69) is 21.3 Å². The van der Waals surface area contributed by atoms with Crippen molar-refractivity contribution in [3.63, 3.8) is 0 Å². The van der Waals surface area contributed by atoms with E-state index >= 15 is 0 Å². The summed E-state index contributed by atoms with van der Waals surface area (Å²) in [5.74, 6) is -10.5. The average molecular weight is 676 g/mol. The van der Waals surface area contributed by atoms with Crippen LogP contribution in [0.5, 0.6) is 0 Å². The molecule has 0 saturated carbocycles. The van der Waals surface area contributed by atoms with Gasteiger partial charge in [0.25, 0.3) is 0 Å². The molecule has 0 heterocycles. The summed E-state index contributed by atoms with van der Waals surface area (Å²) in [6, 6.07) is -9.08. The Morgan fingerprint density at radius 3 is 1.49 bits per heavy atom. The Hall–Kier alpha value is -4.36. The highest BCUT2D eigenvalue weighted by Crippen LogP contribution is 2.11. The number of hydrogen-bond acceptors (Lipinski definition) is 11. The van der Waals surface area contributed by atoms with Crippen molar-refractivity contribution in [1.82, 2.24) is 26.6 Å². The van der Waals surface area contributed by atoms with Crippen LogP contribution in [0.1, 0.15) is 66.2 Å². The summed E-state index contributed by atoms with van der Waals surface area (Å²) >= 11 is 0. The van der Waals surface area contributed by atoms with E-state index in [1.165, 1.54) is 0 Å². The first-order valence-electron chi connectivity index (χ1n) is 15.1. The first-order valence-corrected chi connectivity index (χ1v) is 15.1. The first kappa shape index (κ1) is 42.6. The minimum absolute atomic E-state index is 0.0822. The van der Waals surface area contributed by atoms with Crippen LogP contribution in [0.3, 0.4) is 0 Å². The number of aliphatic hydroxyl groups excluding tert-OH is 1. The van der Waals surface area contributed by atoms with Crippen LogP contribution >= 0.6 is 0 Å². The summed E-state index contributed by atoms with van der Waals surface area (Å²) in [5.41, 5.74) is 11.4. The number of carbonyl (C=O) groups is 8. The van der Waals surface area contributed by atoms with Crippen molar-refractivity contribution in [2.24, 2.45) is 23.3 Å². The minimum atomic E-state index is -1.89. The van der Waals surface area contributed by atoms with Crippen LogP contribution in [-0.4, -0.2) is 117 Å². The van der Waals surface area contributed by atoms with Gasteiger partial charge in [0.15, 0.2) is 0 Å². The maximum atomic E-state index is 13.2. The Labute approximate surface area is 271 Å². The third-order valence-electron chi connectivity index (χ3n) is 7.21. The van der Waals surface area contributed by atoms with Crippen molar-refractivity contribution in [2.45, 2.75) is 102 Å². The highest BCUT2D eigenvalue weighted by atomic mass is 16.4. The highest BCUT2D eigenvalue weighted by Gasteiger charge is 2.35. The smallest absolute Gasteiger partial charge is 0.328 e. The summed E-state index contributed by atoms with van der Waals surface area (Å²) in [4.78, 5) is 99.5. The van der Waals surface area contributed by atoms with Gasteiger partial charge >= 0.3 is 17.9 Å². The van der Waals surface area contributed by atoms with Gasteiger partial charge in [0.05, 0.1) is 25.5 Å². The lowest BCUT2D eigenvalue weighted by molar-refractivity contribution is -0.144. The summed E-state index contributed by atoms with van der Waals surface area (Å²) in [6.45, 7) is 5.99.